The normalized spacial score (nSPS) is 10.5. The van der Waals surface area contributed by atoms with Gasteiger partial charge in [0.15, 0.2) is 6.61 Å². The van der Waals surface area contributed by atoms with E-state index in [1.54, 1.807) is 44.4 Å². The Morgan fingerprint density at radius 2 is 1.58 bits per heavy atom. The first-order chi connectivity index (χ1) is 17.5. The number of hydrogen-bond acceptors (Lipinski definition) is 6. The molecule has 36 heavy (non-hydrogen) atoms. The molecule has 0 bridgehead atoms. The van der Waals surface area contributed by atoms with Gasteiger partial charge >= 0.3 is 0 Å². The average Bonchev–Trinajstić information content (AvgIpc) is 3.27. The molecule has 0 atom stereocenters. The number of nitrogens with one attached hydrogen (secondary N) is 2. The summed E-state index contributed by atoms with van der Waals surface area (Å²) in [5.74, 6) is 1.79. The van der Waals surface area contributed by atoms with Crippen LogP contribution in [0.1, 0.15) is 17.0 Å². The van der Waals surface area contributed by atoms with Gasteiger partial charge in [0, 0.05) is 0 Å². The number of aromatic nitrogens is 1. The molecule has 184 valence electrons. The van der Waals surface area contributed by atoms with Gasteiger partial charge < -0.3 is 24.5 Å². The molecule has 3 aromatic carbocycles. The maximum Gasteiger partial charge on any atom is 0.258 e. The fourth-order valence-corrected chi connectivity index (χ4v) is 3.52. The molecule has 4 aromatic rings. The summed E-state index contributed by atoms with van der Waals surface area (Å²) in [4.78, 5) is 29.4. The van der Waals surface area contributed by atoms with Crippen molar-refractivity contribution < 1.29 is 23.5 Å². The number of hydrogen-bond donors (Lipinski definition) is 2. The fraction of sp³-hybridized carbons (Fsp3) is 0.179. The van der Waals surface area contributed by atoms with Crippen LogP contribution in [-0.4, -0.2) is 30.5 Å². The molecule has 0 aliphatic heterocycles. The van der Waals surface area contributed by atoms with Crippen molar-refractivity contribution in [1.82, 2.24) is 10.3 Å². The Morgan fingerprint density at radius 3 is 2.33 bits per heavy atom. The zero-order chi connectivity index (χ0) is 25.3. The number of benzene rings is 3. The predicted molar refractivity (Wildman–Crippen MR) is 136 cm³/mol. The summed E-state index contributed by atoms with van der Waals surface area (Å²) in [7, 11) is 1.58. The van der Waals surface area contributed by atoms with Crippen LogP contribution in [0.15, 0.2) is 83.3 Å². The van der Waals surface area contributed by atoms with Gasteiger partial charge in [-0.1, -0.05) is 42.5 Å². The Kier molecular flexibility index (Phi) is 7.97. The van der Waals surface area contributed by atoms with Gasteiger partial charge in [0.05, 0.1) is 31.3 Å². The van der Waals surface area contributed by atoms with Crippen LogP contribution in [0, 0.1) is 6.92 Å². The van der Waals surface area contributed by atoms with Gasteiger partial charge in [-0.25, -0.2) is 4.98 Å². The zero-order valence-electron chi connectivity index (χ0n) is 20.1. The molecule has 8 heteroatoms. The molecule has 0 fully saturated rings. The first-order valence-corrected chi connectivity index (χ1v) is 11.4. The second-order valence-corrected chi connectivity index (χ2v) is 8.02. The van der Waals surface area contributed by atoms with Crippen LogP contribution in [0.25, 0.3) is 11.5 Å². The highest BCUT2D eigenvalue weighted by atomic mass is 16.5. The Hall–Kier alpha value is -4.59. The van der Waals surface area contributed by atoms with Crippen LogP contribution in [0.2, 0.25) is 0 Å². The number of amides is 2. The molecule has 2 N–H and O–H groups in total. The molecular weight excluding hydrogens is 458 g/mol. The fourth-order valence-electron chi connectivity index (χ4n) is 3.52. The first kappa shape index (κ1) is 24.5. The SMILES string of the molecule is COc1ccc(OCC(=O)NCc2nc(-c3ccccc3NC(=O)Cc3ccccc3)oc2C)cc1. The molecule has 0 saturated carbocycles. The van der Waals surface area contributed by atoms with E-state index in [1.165, 1.54) is 0 Å². The number of carbonyl (C=O) groups excluding carboxylic acids is 2. The summed E-state index contributed by atoms with van der Waals surface area (Å²) in [5, 5.41) is 5.73. The topological polar surface area (TPSA) is 103 Å². The van der Waals surface area contributed by atoms with E-state index in [0.29, 0.717) is 40.1 Å². The standard InChI is InChI=1S/C28H27N3O5/c1-19-25(17-29-27(33)18-35-22-14-12-21(34-2)13-15-22)31-28(36-19)23-10-6-7-11-24(23)30-26(32)16-20-8-4-3-5-9-20/h3-15H,16-18H2,1-2H3,(H,29,33)(H,30,32). The monoisotopic (exact) mass is 485 g/mol. The number of nitrogens with zero attached hydrogens (tertiary/aromatic N) is 1. The Morgan fingerprint density at radius 1 is 0.889 bits per heavy atom. The van der Waals surface area contributed by atoms with Crippen molar-refractivity contribution in [3.63, 3.8) is 0 Å². The molecule has 2 amide bonds. The maximum absolute atomic E-state index is 12.6. The lowest BCUT2D eigenvalue weighted by Crippen LogP contribution is -2.28. The quantitative estimate of drug-likeness (QED) is 0.342. The molecule has 0 spiro atoms. The lowest BCUT2D eigenvalue weighted by atomic mass is 10.1. The van der Waals surface area contributed by atoms with Crippen LogP contribution in [0.4, 0.5) is 5.69 Å². The number of methoxy groups -OCH3 is 1. The van der Waals surface area contributed by atoms with Gasteiger partial charge in [-0.15, -0.1) is 0 Å². The Labute approximate surface area is 209 Å². The van der Waals surface area contributed by atoms with Crippen LogP contribution >= 0.6 is 0 Å². The maximum atomic E-state index is 12.6. The molecule has 1 heterocycles. The molecular formula is C28H27N3O5. The van der Waals surface area contributed by atoms with Crippen molar-refractivity contribution in [1.29, 1.82) is 0 Å². The second kappa shape index (κ2) is 11.7. The molecule has 0 aliphatic rings. The molecule has 8 nitrogen and oxygen atoms in total. The first-order valence-electron chi connectivity index (χ1n) is 11.4. The van der Waals surface area contributed by atoms with Crippen molar-refractivity contribution in [3.05, 3.63) is 95.9 Å². The number of ether oxygens (including phenoxy) is 2. The van der Waals surface area contributed by atoms with E-state index in [4.69, 9.17) is 13.9 Å². The van der Waals surface area contributed by atoms with Crippen molar-refractivity contribution in [3.8, 4) is 23.0 Å². The molecule has 1 aromatic heterocycles. The minimum absolute atomic E-state index is 0.133. The van der Waals surface area contributed by atoms with Crippen LogP contribution in [-0.2, 0) is 22.6 Å². The van der Waals surface area contributed by atoms with Gasteiger partial charge in [0.25, 0.3) is 5.91 Å². The minimum atomic E-state index is -0.289. The van der Waals surface area contributed by atoms with E-state index in [1.807, 2.05) is 48.5 Å². The smallest absolute Gasteiger partial charge is 0.258 e. The van der Waals surface area contributed by atoms with E-state index < -0.39 is 0 Å². The van der Waals surface area contributed by atoms with Crippen molar-refractivity contribution in [2.75, 3.05) is 19.0 Å². The Balaban J connectivity index is 1.36. The number of carbonyl (C=O) groups is 2. The van der Waals surface area contributed by atoms with Crippen LogP contribution in [0.3, 0.4) is 0 Å². The highest BCUT2D eigenvalue weighted by Gasteiger charge is 2.16. The number of anilines is 1. The lowest BCUT2D eigenvalue weighted by molar-refractivity contribution is -0.123. The molecule has 0 unspecified atom stereocenters. The number of aryl methyl sites for hydroxylation is 1. The third-order valence-electron chi connectivity index (χ3n) is 5.41. The summed E-state index contributed by atoms with van der Waals surface area (Å²) >= 11 is 0. The molecule has 4 rings (SSSR count). The van der Waals surface area contributed by atoms with E-state index in [2.05, 4.69) is 15.6 Å². The summed E-state index contributed by atoms with van der Waals surface area (Å²) in [6, 6.07) is 23.8. The number of rotatable bonds is 10. The predicted octanol–water partition coefficient (Wildman–Crippen LogP) is 4.54. The van der Waals surface area contributed by atoms with Crippen molar-refractivity contribution in [2.45, 2.75) is 19.9 Å². The van der Waals surface area contributed by atoms with E-state index in [9.17, 15) is 9.59 Å². The van der Waals surface area contributed by atoms with E-state index in [0.717, 1.165) is 5.56 Å². The minimum Gasteiger partial charge on any atom is -0.497 e. The van der Waals surface area contributed by atoms with Gasteiger partial charge in [-0.3, -0.25) is 9.59 Å². The summed E-state index contributed by atoms with van der Waals surface area (Å²) in [6.07, 6.45) is 0.260. The highest BCUT2D eigenvalue weighted by Crippen LogP contribution is 2.29. The van der Waals surface area contributed by atoms with Gasteiger partial charge in [0.1, 0.15) is 23.0 Å². The largest absolute Gasteiger partial charge is 0.497 e. The molecule has 0 radical (unpaired) electrons. The molecule has 0 saturated heterocycles. The zero-order valence-corrected chi connectivity index (χ0v) is 20.1. The van der Waals surface area contributed by atoms with Gasteiger partial charge in [-0.05, 0) is 48.9 Å². The van der Waals surface area contributed by atoms with Gasteiger partial charge in [0.2, 0.25) is 11.8 Å². The van der Waals surface area contributed by atoms with Crippen molar-refractivity contribution in [2.24, 2.45) is 0 Å². The van der Waals surface area contributed by atoms with Crippen LogP contribution in [0.5, 0.6) is 11.5 Å². The summed E-state index contributed by atoms with van der Waals surface area (Å²) in [5.41, 5.74) is 2.77. The Bertz CT molecular complexity index is 1320. The van der Waals surface area contributed by atoms with Crippen LogP contribution < -0.4 is 20.1 Å². The van der Waals surface area contributed by atoms with Gasteiger partial charge in [-0.2, -0.15) is 0 Å². The summed E-state index contributed by atoms with van der Waals surface area (Å²) < 4.78 is 16.5. The third kappa shape index (κ3) is 6.50. The lowest BCUT2D eigenvalue weighted by Gasteiger charge is -2.09. The van der Waals surface area contributed by atoms with Crippen molar-refractivity contribution >= 4 is 17.5 Å². The highest BCUT2D eigenvalue weighted by molar-refractivity contribution is 5.95. The number of oxazole rings is 1. The third-order valence-corrected chi connectivity index (χ3v) is 5.41. The number of para-hydroxylation sites is 1. The summed E-state index contributed by atoms with van der Waals surface area (Å²) in [6.45, 7) is 1.83. The average molecular weight is 486 g/mol. The van der Waals surface area contributed by atoms with E-state index in [-0.39, 0.29) is 31.4 Å². The molecule has 0 aliphatic carbocycles. The van der Waals surface area contributed by atoms with E-state index >= 15 is 0 Å². The second-order valence-electron chi connectivity index (χ2n) is 8.02.